The summed E-state index contributed by atoms with van der Waals surface area (Å²) in [6.07, 6.45) is 3.08. The molecule has 4 rings (SSSR count). The number of carbonyl (C=O) groups is 1. The van der Waals surface area contributed by atoms with Gasteiger partial charge in [0.2, 0.25) is 0 Å². The van der Waals surface area contributed by atoms with Crippen LogP contribution in [0.5, 0.6) is 0 Å². The summed E-state index contributed by atoms with van der Waals surface area (Å²) in [5, 5.41) is 0.970. The maximum atomic E-state index is 13.1. The van der Waals surface area contributed by atoms with E-state index in [-0.39, 0.29) is 21.5 Å². The highest BCUT2D eigenvalue weighted by Gasteiger charge is 2.34. The number of rotatable bonds is 5. The molecular weight excluding hydrogens is 437 g/mol. The molecule has 0 unspecified atom stereocenters. The summed E-state index contributed by atoms with van der Waals surface area (Å²) in [5.41, 5.74) is 1.35. The average molecular weight is 454 g/mol. The molecule has 0 atom stereocenters. The molecule has 6 nitrogen and oxygen atoms in total. The minimum atomic E-state index is -4.13. The molecule has 0 N–H and O–H groups in total. The molecule has 0 bridgehead atoms. The van der Waals surface area contributed by atoms with Gasteiger partial charge in [-0.2, -0.15) is 8.42 Å². The van der Waals surface area contributed by atoms with Gasteiger partial charge in [0.25, 0.3) is 15.9 Å². The van der Waals surface area contributed by atoms with Crippen molar-refractivity contribution in [1.82, 2.24) is 9.88 Å². The zero-order chi connectivity index (χ0) is 22.0. The Labute approximate surface area is 182 Å². The van der Waals surface area contributed by atoms with Crippen LogP contribution in [0.1, 0.15) is 5.69 Å². The van der Waals surface area contributed by atoms with Crippen LogP contribution in [-0.4, -0.2) is 35.9 Å². The van der Waals surface area contributed by atoms with Gasteiger partial charge in [-0.1, -0.05) is 30.3 Å². The number of hydrogen-bond donors (Lipinski definition) is 0. The third-order valence-corrected chi connectivity index (χ3v) is 6.81. The Morgan fingerprint density at radius 3 is 2.58 bits per heavy atom. The van der Waals surface area contributed by atoms with Crippen molar-refractivity contribution in [2.45, 2.75) is 4.90 Å². The lowest BCUT2D eigenvalue weighted by molar-refractivity contribution is -0.121. The van der Waals surface area contributed by atoms with Crippen LogP contribution in [0.2, 0.25) is 0 Å². The quantitative estimate of drug-likeness (QED) is 0.427. The van der Waals surface area contributed by atoms with Crippen molar-refractivity contribution in [2.75, 3.05) is 6.54 Å². The van der Waals surface area contributed by atoms with Crippen LogP contribution in [0.15, 0.2) is 87.5 Å². The Kier molecular flexibility index (Phi) is 5.71. The van der Waals surface area contributed by atoms with Gasteiger partial charge in [0.1, 0.15) is 5.82 Å². The van der Waals surface area contributed by atoms with Crippen LogP contribution in [0, 0.1) is 5.82 Å². The molecular formula is C22H16FN3O3S2. The molecule has 1 aliphatic heterocycles. The maximum absolute atomic E-state index is 13.1. The summed E-state index contributed by atoms with van der Waals surface area (Å²) in [6.45, 7) is 3.71. The number of amidine groups is 1. The Bertz CT molecular complexity index is 1350. The van der Waals surface area contributed by atoms with Gasteiger partial charge < -0.3 is 0 Å². The van der Waals surface area contributed by atoms with Gasteiger partial charge in [-0.25, -0.2) is 9.37 Å². The first-order valence-corrected chi connectivity index (χ1v) is 11.4. The fraction of sp³-hybridized carbons (Fsp3) is 0.0455. The molecule has 1 fully saturated rings. The largest absolute Gasteiger partial charge is 0.284 e. The molecule has 1 saturated heterocycles. The number of pyridine rings is 1. The topological polar surface area (TPSA) is 79.7 Å². The molecule has 2 aromatic carbocycles. The number of benzene rings is 2. The van der Waals surface area contributed by atoms with Crippen molar-refractivity contribution in [1.29, 1.82) is 0 Å². The van der Waals surface area contributed by atoms with Crippen LogP contribution >= 0.6 is 11.8 Å². The third-order valence-electron chi connectivity index (χ3n) is 4.41. The Balaban J connectivity index is 1.71. The molecule has 0 radical (unpaired) electrons. The first kappa shape index (κ1) is 21.0. The summed E-state index contributed by atoms with van der Waals surface area (Å²) < 4.78 is 42.3. The molecule has 156 valence electrons. The number of thioether (sulfide) groups is 1. The first-order chi connectivity index (χ1) is 14.9. The summed E-state index contributed by atoms with van der Waals surface area (Å²) in [5.74, 6) is -0.952. The SMILES string of the molecule is C=CCN1C(=O)/C(=C/c2ccc3ccccc3n2)S/C1=N\S(=O)(=O)c1ccc(F)cc1. The van der Waals surface area contributed by atoms with E-state index < -0.39 is 21.7 Å². The summed E-state index contributed by atoms with van der Waals surface area (Å²) >= 11 is 0.938. The van der Waals surface area contributed by atoms with E-state index in [2.05, 4.69) is 16.0 Å². The molecule has 0 aliphatic carbocycles. The van der Waals surface area contributed by atoms with Crippen molar-refractivity contribution in [3.05, 3.63) is 89.7 Å². The third kappa shape index (κ3) is 4.42. The normalized spacial score (nSPS) is 17.1. The number of hydrogen-bond acceptors (Lipinski definition) is 5. The minimum absolute atomic E-state index is 0.00117. The molecule has 0 spiro atoms. The second kappa shape index (κ2) is 8.44. The predicted octanol–water partition coefficient (Wildman–Crippen LogP) is 4.22. The second-order valence-electron chi connectivity index (χ2n) is 6.55. The zero-order valence-electron chi connectivity index (χ0n) is 16.1. The Morgan fingerprint density at radius 1 is 1.10 bits per heavy atom. The second-order valence-corrected chi connectivity index (χ2v) is 9.16. The Morgan fingerprint density at radius 2 is 1.84 bits per heavy atom. The molecule has 1 aromatic heterocycles. The predicted molar refractivity (Wildman–Crippen MR) is 120 cm³/mol. The number of fused-ring (bicyclic) bond motifs is 1. The van der Waals surface area contributed by atoms with Crippen molar-refractivity contribution in [3.8, 4) is 0 Å². The minimum Gasteiger partial charge on any atom is -0.282 e. The standard InChI is InChI=1S/C22H16FN3O3S2/c1-2-13-26-21(27)20(14-17-10-7-15-5-3-4-6-19(15)24-17)30-22(26)25-31(28,29)18-11-8-16(23)9-12-18/h2-12,14H,1,13H2/b20-14-,25-22-. The number of amides is 1. The fourth-order valence-electron chi connectivity index (χ4n) is 2.92. The lowest BCUT2D eigenvalue weighted by atomic mass is 10.2. The number of carbonyl (C=O) groups excluding carboxylic acids is 1. The van der Waals surface area contributed by atoms with Crippen molar-refractivity contribution in [2.24, 2.45) is 4.40 Å². The van der Waals surface area contributed by atoms with Crippen LogP contribution in [0.25, 0.3) is 17.0 Å². The van der Waals surface area contributed by atoms with Crippen molar-refractivity contribution in [3.63, 3.8) is 0 Å². The molecule has 1 aliphatic rings. The first-order valence-electron chi connectivity index (χ1n) is 9.16. The van der Waals surface area contributed by atoms with E-state index >= 15 is 0 Å². The molecule has 3 aromatic rings. The number of halogens is 1. The number of nitrogens with zero attached hydrogens (tertiary/aromatic N) is 3. The smallest absolute Gasteiger partial charge is 0.282 e. The highest BCUT2D eigenvalue weighted by molar-refractivity contribution is 8.19. The van der Waals surface area contributed by atoms with Gasteiger partial charge >= 0.3 is 0 Å². The van der Waals surface area contributed by atoms with Gasteiger partial charge in [0.15, 0.2) is 5.17 Å². The van der Waals surface area contributed by atoms with E-state index in [1.165, 1.54) is 11.0 Å². The van der Waals surface area contributed by atoms with Crippen LogP contribution in [0.3, 0.4) is 0 Å². The number of sulfonamides is 1. The zero-order valence-corrected chi connectivity index (χ0v) is 17.7. The summed E-state index contributed by atoms with van der Waals surface area (Å²) in [7, 11) is -4.13. The fourth-order valence-corrected chi connectivity index (χ4v) is 5.10. The van der Waals surface area contributed by atoms with E-state index in [0.29, 0.717) is 5.69 Å². The van der Waals surface area contributed by atoms with Gasteiger partial charge in [0.05, 0.1) is 21.0 Å². The van der Waals surface area contributed by atoms with Gasteiger partial charge in [-0.05, 0) is 54.2 Å². The molecule has 31 heavy (non-hydrogen) atoms. The molecule has 9 heteroatoms. The van der Waals surface area contributed by atoms with Crippen LogP contribution in [-0.2, 0) is 14.8 Å². The van der Waals surface area contributed by atoms with E-state index in [0.717, 1.165) is 46.9 Å². The average Bonchev–Trinajstić information content (AvgIpc) is 3.02. The highest BCUT2D eigenvalue weighted by Crippen LogP contribution is 2.33. The van der Waals surface area contributed by atoms with Crippen molar-refractivity contribution < 1.29 is 17.6 Å². The van der Waals surface area contributed by atoms with Crippen LogP contribution in [0.4, 0.5) is 4.39 Å². The highest BCUT2D eigenvalue weighted by atomic mass is 32.2. The lowest BCUT2D eigenvalue weighted by Crippen LogP contribution is -2.29. The number of aromatic nitrogens is 1. The lowest BCUT2D eigenvalue weighted by Gasteiger charge is -2.12. The molecule has 1 amide bonds. The van der Waals surface area contributed by atoms with Crippen molar-refractivity contribution >= 4 is 49.8 Å². The van der Waals surface area contributed by atoms with Crippen LogP contribution < -0.4 is 0 Å². The van der Waals surface area contributed by atoms with Gasteiger partial charge in [-0.15, -0.1) is 11.0 Å². The van der Waals surface area contributed by atoms with E-state index in [1.807, 2.05) is 30.3 Å². The summed E-state index contributed by atoms with van der Waals surface area (Å²) in [6, 6.07) is 15.6. The Hall–Kier alpha value is -3.30. The summed E-state index contributed by atoms with van der Waals surface area (Å²) in [4.78, 5) is 18.8. The van der Waals surface area contributed by atoms with E-state index in [4.69, 9.17) is 0 Å². The van der Waals surface area contributed by atoms with E-state index in [9.17, 15) is 17.6 Å². The number of para-hydroxylation sites is 1. The molecule has 0 saturated carbocycles. The van der Waals surface area contributed by atoms with E-state index in [1.54, 1.807) is 12.1 Å². The molecule has 2 heterocycles. The van der Waals surface area contributed by atoms with Gasteiger partial charge in [-0.3, -0.25) is 9.69 Å². The van der Waals surface area contributed by atoms with Gasteiger partial charge in [0, 0.05) is 11.9 Å². The monoisotopic (exact) mass is 453 g/mol. The maximum Gasteiger partial charge on any atom is 0.284 e.